The number of carbonyl (C=O) groups is 4. The average molecular weight is 585 g/mol. The Kier molecular flexibility index (Phi) is 7.54. The Balaban J connectivity index is 1.56. The first-order chi connectivity index (χ1) is 19.8. The van der Waals surface area contributed by atoms with Gasteiger partial charge in [0.15, 0.2) is 17.1 Å². The van der Waals surface area contributed by atoms with Crippen LogP contribution >= 0.6 is 0 Å². The van der Waals surface area contributed by atoms with Gasteiger partial charge in [-0.3, -0.25) is 24.1 Å². The number of nitrogens with two attached hydrogens (primary N) is 1. The predicted octanol–water partition coefficient (Wildman–Crippen LogP) is 0.301. The molecule has 1 aromatic carbocycles. The van der Waals surface area contributed by atoms with Crippen molar-refractivity contribution >= 4 is 34.8 Å². The number of phenols is 1. The summed E-state index contributed by atoms with van der Waals surface area (Å²) in [6.07, 6.45) is 3.44. The highest BCUT2D eigenvalue weighted by molar-refractivity contribution is 6.24. The van der Waals surface area contributed by atoms with E-state index in [4.69, 9.17) is 10.5 Å². The summed E-state index contributed by atoms with van der Waals surface area (Å²) in [6.45, 7) is 0.698. The van der Waals surface area contributed by atoms with Crippen LogP contribution in [0.15, 0.2) is 23.0 Å². The van der Waals surface area contributed by atoms with Crippen molar-refractivity contribution < 1.29 is 44.3 Å². The number of aliphatic hydroxyl groups excluding tert-OH is 2. The summed E-state index contributed by atoms with van der Waals surface area (Å²) in [5, 5.41) is 51.0. The number of primary amides is 1. The van der Waals surface area contributed by atoms with Crippen LogP contribution in [0.1, 0.15) is 36.8 Å². The van der Waals surface area contributed by atoms with E-state index in [9.17, 15) is 39.6 Å². The van der Waals surface area contributed by atoms with Crippen molar-refractivity contribution in [2.24, 2.45) is 23.5 Å². The molecule has 13 nitrogen and oxygen atoms in total. The van der Waals surface area contributed by atoms with E-state index in [1.54, 1.807) is 0 Å². The molecule has 42 heavy (non-hydrogen) atoms. The molecular weight excluding hydrogens is 548 g/mol. The number of hydrogen-bond donors (Lipinski definition) is 7. The summed E-state index contributed by atoms with van der Waals surface area (Å²) in [5.74, 6) is -7.14. The molecule has 1 aromatic rings. The number of benzene rings is 1. The van der Waals surface area contributed by atoms with Crippen LogP contribution in [-0.2, 0) is 25.6 Å². The minimum atomic E-state index is -2.73. The maximum absolute atomic E-state index is 14.0. The summed E-state index contributed by atoms with van der Waals surface area (Å²) in [4.78, 5) is 53.4. The lowest BCUT2D eigenvalue weighted by molar-refractivity contribution is -0.153. The largest absolute Gasteiger partial charge is 0.508 e. The van der Waals surface area contributed by atoms with Crippen molar-refractivity contribution in [1.29, 1.82) is 0 Å². The Morgan fingerprint density at radius 2 is 1.88 bits per heavy atom. The number of hydrogen-bond acceptors (Lipinski definition) is 11. The zero-order valence-corrected chi connectivity index (χ0v) is 23.7. The minimum Gasteiger partial charge on any atom is -0.508 e. The Morgan fingerprint density at radius 3 is 2.45 bits per heavy atom. The van der Waals surface area contributed by atoms with Gasteiger partial charge in [-0.25, -0.2) is 0 Å². The first kappa shape index (κ1) is 29.5. The minimum absolute atomic E-state index is 0.00301. The monoisotopic (exact) mass is 584 g/mol. The first-order valence-electron chi connectivity index (χ1n) is 13.9. The molecule has 0 aromatic heterocycles. The molecule has 13 heteroatoms. The summed E-state index contributed by atoms with van der Waals surface area (Å²) in [5.41, 5.74) is 1.60. The molecule has 2 fully saturated rings. The number of nitrogens with zero attached hydrogens (tertiary/aromatic N) is 1. The third-order valence-electron chi connectivity index (χ3n) is 9.12. The van der Waals surface area contributed by atoms with Gasteiger partial charge in [0.05, 0.1) is 30.9 Å². The average Bonchev–Trinajstić information content (AvgIpc) is 2.88. The second-order valence-corrected chi connectivity index (χ2v) is 11.8. The number of anilines is 1. The molecule has 2 amide bonds. The van der Waals surface area contributed by atoms with Crippen LogP contribution in [0.25, 0.3) is 5.76 Å². The fraction of sp³-hybridized carbons (Fsp3) is 0.517. The number of nitrogens with one attached hydrogen (secondary N) is 2. The van der Waals surface area contributed by atoms with Crippen LogP contribution in [0, 0.1) is 17.8 Å². The molecule has 5 rings (SSSR count). The van der Waals surface area contributed by atoms with Gasteiger partial charge in [-0.1, -0.05) is 6.42 Å². The van der Waals surface area contributed by atoms with E-state index in [0.29, 0.717) is 18.0 Å². The maximum atomic E-state index is 14.0. The standard InChI is InChI=1S/C29H36N4O9/c1-33(2)22-15-8-13-7-14-17(42-3)9-16(32-18(34)11-31-10-12-5-4-6-12)23(35)20(14)24(36)19(13)26(38)29(15,41)27(39)21(25(22)37)28(30)40/h9,12-13,15,22,31,35-36,39,41H,4-8,10-11H2,1-3H3,(H2,30,40)(H,32,34)/t13-,15-,22-,29-/m0/s1. The van der Waals surface area contributed by atoms with Gasteiger partial charge in [0.2, 0.25) is 11.7 Å². The van der Waals surface area contributed by atoms with Crippen molar-refractivity contribution in [3.63, 3.8) is 0 Å². The SMILES string of the molecule is COc1cc(NC(=O)CNCC2CCC2)c(O)c2c1C[C@H]1C[C@H]3[C@H](N(C)C)C(=O)C(C(N)=O)=C(O)[C@@]3(O)C(=O)C1=C2O. The molecule has 0 heterocycles. The number of aliphatic hydroxyl groups is 3. The topological polar surface area (TPSA) is 212 Å². The Hall–Kier alpha value is -3.94. The van der Waals surface area contributed by atoms with E-state index in [1.807, 2.05) is 0 Å². The lowest BCUT2D eigenvalue weighted by Crippen LogP contribution is -2.65. The van der Waals surface area contributed by atoms with Crippen molar-refractivity contribution in [2.45, 2.75) is 43.7 Å². The van der Waals surface area contributed by atoms with Crippen LogP contribution in [-0.4, -0.2) is 94.6 Å². The van der Waals surface area contributed by atoms with Crippen molar-refractivity contribution in [3.8, 4) is 11.5 Å². The number of ether oxygens (including phenoxy) is 1. The first-order valence-corrected chi connectivity index (χ1v) is 13.9. The Bertz CT molecular complexity index is 1440. The summed E-state index contributed by atoms with van der Waals surface area (Å²) < 4.78 is 5.53. The number of likely N-dealkylation sites (N-methyl/N-ethyl adjacent to an activating group) is 1. The zero-order valence-electron chi connectivity index (χ0n) is 23.7. The number of Topliss-reactive ketones (excluding diaryl/α,β-unsaturated/α-hetero) is 2. The molecular formula is C29H36N4O9. The van der Waals surface area contributed by atoms with Gasteiger partial charge in [-0.2, -0.15) is 0 Å². The predicted molar refractivity (Wildman–Crippen MR) is 150 cm³/mol. The highest BCUT2D eigenvalue weighted by Gasteiger charge is 2.64. The number of fused-ring (bicyclic) bond motifs is 3. The number of phenolic OH excluding ortho intramolecular Hbond substituents is 1. The second-order valence-electron chi connectivity index (χ2n) is 11.8. The molecule has 0 saturated heterocycles. The fourth-order valence-corrected chi connectivity index (χ4v) is 6.84. The third kappa shape index (κ3) is 4.43. The van der Waals surface area contributed by atoms with E-state index in [-0.39, 0.29) is 42.0 Å². The summed E-state index contributed by atoms with van der Waals surface area (Å²) in [6, 6.07) is 0.255. The van der Waals surface area contributed by atoms with Crippen LogP contribution < -0.4 is 21.1 Å². The fourth-order valence-electron chi connectivity index (χ4n) is 6.84. The van der Waals surface area contributed by atoms with Gasteiger partial charge in [0, 0.05) is 23.1 Å². The van der Waals surface area contributed by atoms with Gasteiger partial charge >= 0.3 is 0 Å². The number of amides is 2. The lowest BCUT2D eigenvalue weighted by Gasteiger charge is -2.50. The third-order valence-corrected chi connectivity index (χ3v) is 9.12. The van der Waals surface area contributed by atoms with E-state index >= 15 is 0 Å². The van der Waals surface area contributed by atoms with E-state index in [1.165, 1.54) is 38.6 Å². The van der Waals surface area contributed by atoms with E-state index in [0.717, 1.165) is 12.8 Å². The van der Waals surface area contributed by atoms with Crippen molar-refractivity contribution in [2.75, 3.05) is 39.6 Å². The second kappa shape index (κ2) is 10.7. The van der Waals surface area contributed by atoms with Crippen LogP contribution in [0.5, 0.6) is 11.5 Å². The van der Waals surface area contributed by atoms with Gasteiger partial charge in [0.1, 0.15) is 22.8 Å². The molecule has 0 spiro atoms. The molecule has 4 aliphatic rings. The van der Waals surface area contributed by atoms with Crippen molar-refractivity contribution in [1.82, 2.24) is 10.2 Å². The molecule has 4 atom stereocenters. The Morgan fingerprint density at radius 1 is 1.19 bits per heavy atom. The maximum Gasteiger partial charge on any atom is 0.255 e. The highest BCUT2D eigenvalue weighted by atomic mass is 16.5. The molecule has 2 saturated carbocycles. The number of carbonyl (C=O) groups excluding carboxylic acids is 4. The van der Waals surface area contributed by atoms with Gasteiger partial charge in [-0.05, 0) is 58.2 Å². The van der Waals surface area contributed by atoms with Crippen LogP contribution in [0.2, 0.25) is 0 Å². The van der Waals surface area contributed by atoms with Gasteiger partial charge < -0.3 is 41.5 Å². The number of rotatable bonds is 8. The number of aromatic hydroxyl groups is 1. The smallest absolute Gasteiger partial charge is 0.255 e. The molecule has 8 N–H and O–H groups in total. The molecule has 0 aliphatic heterocycles. The number of methoxy groups -OCH3 is 1. The number of ketones is 2. The zero-order chi connectivity index (χ0) is 30.7. The Labute approximate surface area is 242 Å². The molecule has 226 valence electrons. The molecule has 0 unspecified atom stereocenters. The summed E-state index contributed by atoms with van der Waals surface area (Å²) >= 11 is 0. The van der Waals surface area contributed by atoms with E-state index in [2.05, 4.69) is 10.6 Å². The van der Waals surface area contributed by atoms with Gasteiger partial charge in [0.25, 0.3) is 5.91 Å². The highest BCUT2D eigenvalue weighted by Crippen LogP contribution is 2.54. The van der Waals surface area contributed by atoms with E-state index < -0.39 is 69.7 Å². The molecule has 4 aliphatic carbocycles. The van der Waals surface area contributed by atoms with Gasteiger partial charge in [-0.15, -0.1) is 0 Å². The lowest BCUT2D eigenvalue weighted by atomic mass is 9.57. The van der Waals surface area contributed by atoms with Crippen LogP contribution in [0.3, 0.4) is 0 Å². The quantitative estimate of drug-likeness (QED) is 0.163. The molecule has 0 radical (unpaired) electrons. The summed E-state index contributed by atoms with van der Waals surface area (Å²) in [7, 11) is 4.45. The van der Waals surface area contributed by atoms with Crippen molar-refractivity contribution in [3.05, 3.63) is 34.1 Å². The normalized spacial score (nSPS) is 27.3. The van der Waals surface area contributed by atoms with Crippen LogP contribution in [0.4, 0.5) is 5.69 Å². The molecule has 0 bridgehead atoms.